The van der Waals surface area contributed by atoms with Gasteiger partial charge >= 0.3 is 89.3 Å². The number of rotatable bonds is 0. The van der Waals surface area contributed by atoms with E-state index in [9.17, 15) is 0 Å². The van der Waals surface area contributed by atoms with Gasteiger partial charge in [0.15, 0.2) is 0 Å². The monoisotopic (exact) mass is 221 g/mol. The van der Waals surface area contributed by atoms with Gasteiger partial charge in [0.2, 0.25) is 0 Å². The van der Waals surface area contributed by atoms with Crippen molar-refractivity contribution in [1.29, 1.82) is 0 Å². The van der Waals surface area contributed by atoms with Crippen molar-refractivity contribution in [2.75, 3.05) is 0 Å². The summed E-state index contributed by atoms with van der Waals surface area (Å²) in [4.78, 5) is 0. The zero-order valence-corrected chi connectivity index (χ0v) is 10.2. The van der Waals surface area contributed by atoms with E-state index in [-0.39, 0.29) is 103 Å². The van der Waals surface area contributed by atoms with Gasteiger partial charge < -0.3 is 13.5 Å². The summed E-state index contributed by atoms with van der Waals surface area (Å²) in [6.45, 7) is 0. The van der Waals surface area contributed by atoms with Gasteiger partial charge in [-0.2, -0.15) is 0 Å². The van der Waals surface area contributed by atoms with E-state index in [0.29, 0.717) is 0 Å². The first-order valence-corrected chi connectivity index (χ1v) is 0. The second-order valence-electron chi connectivity index (χ2n) is 0. The molecule has 0 heterocycles. The molecule has 4 heteroatoms. The summed E-state index contributed by atoms with van der Waals surface area (Å²) >= 11 is 0. The molecular weight excluding hydrogens is 221 g/mol. The average Bonchev–Trinajstić information content (AvgIpc) is 0. The molecule has 0 aromatic rings. The molecule has 0 saturated heterocycles. The topological polar surface area (TPSA) is 0 Å². The predicted molar refractivity (Wildman–Crippen MR) is 24.6 cm³/mol. The van der Waals surface area contributed by atoms with Gasteiger partial charge in [-0.25, -0.2) is 0 Å². The van der Waals surface area contributed by atoms with Crippen LogP contribution in [0.4, 0.5) is 0 Å². The van der Waals surface area contributed by atoms with Crippen LogP contribution in [0, 0.1) is 0 Å². The van der Waals surface area contributed by atoms with Gasteiger partial charge in [-0.1, -0.05) is 0 Å². The van der Waals surface area contributed by atoms with Gasteiger partial charge in [0.05, 0.1) is 0 Å². The van der Waals surface area contributed by atoms with Crippen LogP contribution in [-0.2, 0) is 13.5 Å². The Hall–Kier alpha value is 3.22. The summed E-state index contributed by atoms with van der Waals surface area (Å²) in [6.07, 6.45) is 0. The fourth-order valence-corrected chi connectivity index (χ4v) is 0. The van der Waals surface area contributed by atoms with Crippen molar-refractivity contribution in [2.45, 2.75) is 0 Å². The van der Waals surface area contributed by atoms with E-state index < -0.39 is 0 Å². The van der Waals surface area contributed by atoms with E-state index >= 15 is 0 Å². The molecule has 0 radical (unpaired) electrons. The van der Waals surface area contributed by atoms with E-state index in [1.54, 1.807) is 0 Å². The van der Waals surface area contributed by atoms with Crippen LogP contribution in [0.2, 0.25) is 0 Å². The molecule has 0 amide bonds. The molecule has 4 heavy (non-hydrogen) atoms. The largest absolute Gasteiger partial charge is 3.00 e. The summed E-state index contributed by atoms with van der Waals surface area (Å²) in [6, 6.07) is 0. The first-order valence-electron chi connectivity index (χ1n) is 0. The molecule has 0 unspecified atom stereocenters. The second-order valence-corrected chi connectivity index (χ2v) is 0. The number of hydrogen-bond donors (Lipinski definition) is 0. The van der Waals surface area contributed by atoms with Crippen molar-refractivity contribution in [3.8, 4) is 0 Å². The van der Waals surface area contributed by atoms with Crippen molar-refractivity contribution in [1.82, 2.24) is 0 Å². The van der Waals surface area contributed by atoms with E-state index in [0.717, 1.165) is 0 Å². The fourth-order valence-electron chi connectivity index (χ4n) is 0. The Morgan fingerprint density at radius 3 is 1.00 bits per heavy atom. The van der Waals surface area contributed by atoms with Crippen LogP contribution in [0.15, 0.2) is 0 Å². The Morgan fingerprint density at radius 2 is 1.00 bits per heavy atom. The van der Waals surface area contributed by atoms with Gasteiger partial charge in [0.1, 0.15) is 0 Å². The van der Waals surface area contributed by atoms with E-state index in [2.05, 4.69) is 0 Å². The van der Waals surface area contributed by atoms with Gasteiger partial charge in [0.25, 0.3) is 0 Å². The molecule has 0 nitrogen and oxygen atoms in total. The maximum absolute atomic E-state index is 0. The molecule has 0 saturated carbocycles. The summed E-state index contributed by atoms with van der Waals surface area (Å²) < 4.78 is 0. The second kappa shape index (κ2) is 16.3. The quantitative estimate of drug-likeness (QED) is 0.453. The molecular formula is AlBaMgS+5. The predicted octanol–water partition coefficient (Wildman–Crippen LogP) is -1.14. The molecule has 0 bridgehead atoms. The standard InChI is InChI=1S/Al.Ba.Mg.S/q+3;2*+2;-2. The molecule has 0 N–H and O–H groups in total. The molecule has 0 aliphatic heterocycles. The van der Waals surface area contributed by atoms with E-state index in [4.69, 9.17) is 0 Å². The Labute approximate surface area is 100 Å². The molecule has 0 spiro atoms. The molecule has 0 aliphatic rings. The minimum Gasteiger partial charge on any atom is -2.00 e. The van der Waals surface area contributed by atoms with Crippen molar-refractivity contribution in [3.63, 3.8) is 0 Å². The zero-order valence-electron chi connectivity index (χ0n) is 2.40. The smallest absolute Gasteiger partial charge is 2.00 e. The van der Waals surface area contributed by atoms with Gasteiger partial charge in [-0.15, -0.1) is 0 Å². The molecule has 0 aromatic heterocycles. The molecule has 0 fully saturated rings. The minimum absolute atomic E-state index is 0. The fraction of sp³-hybridized carbons (Fsp3) is 0. The third-order valence-electron chi connectivity index (χ3n) is 0. The third-order valence-corrected chi connectivity index (χ3v) is 0. The van der Waals surface area contributed by atoms with Crippen molar-refractivity contribution < 1.29 is 0 Å². The van der Waals surface area contributed by atoms with Crippen LogP contribution in [0.3, 0.4) is 0 Å². The van der Waals surface area contributed by atoms with Crippen LogP contribution < -0.4 is 0 Å². The Kier molecular flexibility index (Phi) is 110. The van der Waals surface area contributed by atoms with Crippen LogP contribution >= 0.6 is 0 Å². The Bertz CT molecular complexity index is 8.00. The third kappa shape index (κ3) is 8.97. The Balaban J connectivity index is 0. The van der Waals surface area contributed by atoms with Crippen molar-refractivity contribution in [2.24, 2.45) is 0 Å². The van der Waals surface area contributed by atoms with Crippen molar-refractivity contribution in [3.05, 3.63) is 0 Å². The first-order chi connectivity index (χ1) is 0. The van der Waals surface area contributed by atoms with E-state index in [1.165, 1.54) is 0 Å². The van der Waals surface area contributed by atoms with Crippen molar-refractivity contribution >= 4 is 103 Å². The van der Waals surface area contributed by atoms with Crippen LogP contribution in [-0.4, -0.2) is 89.3 Å². The molecule has 8 valence electrons. The van der Waals surface area contributed by atoms with Gasteiger partial charge in [-0.3, -0.25) is 0 Å². The average molecular weight is 221 g/mol. The normalized spacial score (nSPS) is 0. The SMILES string of the molecule is [Al+3].[Ba+2].[Mg+2].[S-2]. The van der Waals surface area contributed by atoms with Gasteiger partial charge in [-0.05, 0) is 0 Å². The van der Waals surface area contributed by atoms with Gasteiger partial charge in [0, 0.05) is 0 Å². The first kappa shape index (κ1) is 26.9. The molecule has 0 aliphatic carbocycles. The van der Waals surface area contributed by atoms with Crippen LogP contribution in [0.25, 0.3) is 0 Å². The summed E-state index contributed by atoms with van der Waals surface area (Å²) in [5, 5.41) is 0. The van der Waals surface area contributed by atoms with Crippen LogP contribution in [0.1, 0.15) is 0 Å². The zero-order chi connectivity index (χ0) is 0. The number of hydrogen-bond acceptors (Lipinski definition) is 0. The van der Waals surface area contributed by atoms with Crippen LogP contribution in [0.5, 0.6) is 0 Å². The summed E-state index contributed by atoms with van der Waals surface area (Å²) in [5.41, 5.74) is 0. The maximum Gasteiger partial charge on any atom is 3.00 e. The molecule has 0 atom stereocenters. The molecule has 0 rings (SSSR count). The molecule has 0 aromatic carbocycles. The minimum atomic E-state index is 0. The van der Waals surface area contributed by atoms with E-state index in [1.807, 2.05) is 0 Å². The summed E-state index contributed by atoms with van der Waals surface area (Å²) in [5.74, 6) is 0. The summed E-state index contributed by atoms with van der Waals surface area (Å²) in [7, 11) is 0. The maximum atomic E-state index is 0. The Morgan fingerprint density at radius 1 is 1.00 bits per heavy atom.